The van der Waals surface area contributed by atoms with Crippen LogP contribution in [0.15, 0.2) is 60.7 Å². The first-order valence-corrected chi connectivity index (χ1v) is 14.7. The molecular weight excluding hydrogens is 524 g/mol. The van der Waals surface area contributed by atoms with Crippen LogP contribution in [0.2, 0.25) is 0 Å². The summed E-state index contributed by atoms with van der Waals surface area (Å²) in [5.41, 5.74) is 2.72. The summed E-state index contributed by atoms with van der Waals surface area (Å²) in [5.74, 6) is 0.339. The quantitative estimate of drug-likeness (QED) is 0.315. The number of rotatable bonds is 8. The van der Waals surface area contributed by atoms with Crippen molar-refractivity contribution in [3.05, 3.63) is 71.1 Å². The number of anilines is 1. The van der Waals surface area contributed by atoms with Gasteiger partial charge in [-0.1, -0.05) is 61.7 Å². The molecule has 0 spiro atoms. The number of piperidine rings is 1. The Balaban J connectivity index is 0.000000398. The van der Waals surface area contributed by atoms with Gasteiger partial charge in [0.1, 0.15) is 16.9 Å². The predicted octanol–water partition coefficient (Wildman–Crippen LogP) is 6.51. The Morgan fingerprint density at radius 3 is 2.35 bits per heavy atom. The summed E-state index contributed by atoms with van der Waals surface area (Å²) in [7, 11) is 3.52. The number of carbonyl (C=O) groups excluding carboxylic acids is 2. The van der Waals surface area contributed by atoms with E-state index >= 15 is 0 Å². The number of benzene rings is 2. The highest BCUT2D eigenvalue weighted by atomic mass is 32.1. The fraction of sp³-hybridized carbons (Fsp3) is 0.406. The molecule has 0 bridgehead atoms. The van der Waals surface area contributed by atoms with Gasteiger partial charge in [0.25, 0.3) is 0 Å². The van der Waals surface area contributed by atoms with Crippen molar-refractivity contribution in [1.29, 1.82) is 0 Å². The standard InChI is InChI=1S/C25H26N2O4S.C7H12O/c1-26(21-15-22(32-24(21)25(29)30)18-6-4-3-5-7-18)19-12-13-27(23(28)14-19)16-17-8-10-20(31-2)11-9-17;8-6-7-4-2-1-3-5-7/h3-11,15,19H,12-14,16H2,1-2H3,(H,29,30);6-7H,1-5H2. The van der Waals surface area contributed by atoms with E-state index in [4.69, 9.17) is 4.74 Å². The second-order valence-electron chi connectivity index (χ2n) is 10.5. The molecule has 1 saturated carbocycles. The van der Waals surface area contributed by atoms with Crippen molar-refractivity contribution in [1.82, 2.24) is 4.90 Å². The third-order valence-corrected chi connectivity index (χ3v) is 8.92. The second kappa shape index (κ2) is 14.1. The zero-order chi connectivity index (χ0) is 28.5. The van der Waals surface area contributed by atoms with Crippen molar-refractivity contribution >= 4 is 35.2 Å². The van der Waals surface area contributed by atoms with Crippen LogP contribution in [0.1, 0.15) is 60.2 Å². The Morgan fingerprint density at radius 2 is 1.77 bits per heavy atom. The van der Waals surface area contributed by atoms with Gasteiger partial charge in [-0.25, -0.2) is 4.79 Å². The number of hydrogen-bond donors (Lipinski definition) is 1. The normalized spacial score (nSPS) is 17.5. The molecule has 1 unspecified atom stereocenters. The van der Waals surface area contributed by atoms with E-state index in [1.165, 1.54) is 30.6 Å². The maximum atomic E-state index is 12.9. The number of nitrogens with zero attached hydrogens (tertiary/aromatic N) is 2. The SMILES string of the molecule is COc1ccc(CN2CCC(N(C)c3cc(-c4ccccc4)sc3C(=O)O)CC2=O)cc1.O=CC1CCCCC1. The summed E-state index contributed by atoms with van der Waals surface area (Å²) in [5, 5.41) is 9.77. The van der Waals surface area contributed by atoms with Gasteiger partial charge in [-0.3, -0.25) is 4.79 Å². The summed E-state index contributed by atoms with van der Waals surface area (Å²) in [6.45, 7) is 1.20. The molecule has 1 atom stereocenters. The number of methoxy groups -OCH3 is 1. The van der Waals surface area contributed by atoms with Gasteiger partial charge in [0.15, 0.2) is 0 Å². The van der Waals surface area contributed by atoms with Gasteiger partial charge < -0.3 is 24.4 Å². The Bertz CT molecular complexity index is 1270. The number of ether oxygens (including phenoxy) is 1. The molecule has 1 aliphatic heterocycles. The molecule has 8 heteroatoms. The van der Waals surface area contributed by atoms with Gasteiger partial charge in [-0.15, -0.1) is 11.3 Å². The number of carboxylic acids is 1. The Labute approximate surface area is 240 Å². The van der Waals surface area contributed by atoms with Crippen LogP contribution in [-0.2, 0) is 16.1 Å². The Morgan fingerprint density at radius 1 is 1.07 bits per heavy atom. The van der Waals surface area contributed by atoms with Crippen LogP contribution in [0.25, 0.3) is 10.4 Å². The van der Waals surface area contributed by atoms with Gasteiger partial charge in [0.2, 0.25) is 5.91 Å². The summed E-state index contributed by atoms with van der Waals surface area (Å²) >= 11 is 1.27. The summed E-state index contributed by atoms with van der Waals surface area (Å²) < 4.78 is 5.19. The first kappa shape index (κ1) is 29.3. The highest BCUT2D eigenvalue weighted by Gasteiger charge is 2.31. The molecule has 1 amide bonds. The lowest BCUT2D eigenvalue weighted by molar-refractivity contribution is -0.134. The number of aldehydes is 1. The number of likely N-dealkylation sites (tertiary alicyclic amines) is 1. The Hall–Kier alpha value is -3.65. The third-order valence-electron chi connectivity index (χ3n) is 7.76. The van der Waals surface area contributed by atoms with E-state index in [1.54, 1.807) is 7.11 Å². The first-order valence-electron chi connectivity index (χ1n) is 13.9. The van der Waals surface area contributed by atoms with Crippen LogP contribution >= 0.6 is 11.3 Å². The van der Waals surface area contributed by atoms with Gasteiger partial charge in [0.05, 0.1) is 12.8 Å². The second-order valence-corrected chi connectivity index (χ2v) is 11.5. The summed E-state index contributed by atoms with van der Waals surface area (Å²) in [4.78, 5) is 40.0. The van der Waals surface area contributed by atoms with Crippen LogP contribution in [0.4, 0.5) is 5.69 Å². The number of aromatic carboxylic acids is 1. The number of carbonyl (C=O) groups is 3. The molecule has 1 N–H and O–H groups in total. The highest BCUT2D eigenvalue weighted by Crippen LogP contribution is 2.38. The van der Waals surface area contributed by atoms with E-state index in [-0.39, 0.29) is 11.9 Å². The van der Waals surface area contributed by atoms with Crippen molar-refractivity contribution in [2.75, 3.05) is 25.6 Å². The van der Waals surface area contributed by atoms with Crippen molar-refractivity contribution < 1.29 is 24.2 Å². The summed E-state index contributed by atoms with van der Waals surface area (Å²) in [6, 6.07) is 19.4. The zero-order valence-electron chi connectivity index (χ0n) is 23.3. The molecule has 5 rings (SSSR count). The molecule has 1 aliphatic carbocycles. The van der Waals surface area contributed by atoms with Crippen LogP contribution in [0.3, 0.4) is 0 Å². The molecule has 2 fully saturated rings. The van der Waals surface area contributed by atoms with Crippen molar-refractivity contribution in [2.24, 2.45) is 5.92 Å². The molecule has 0 radical (unpaired) electrons. The maximum Gasteiger partial charge on any atom is 0.348 e. The smallest absolute Gasteiger partial charge is 0.348 e. The van der Waals surface area contributed by atoms with Gasteiger partial charge in [-0.05, 0) is 48.6 Å². The predicted molar refractivity (Wildman–Crippen MR) is 159 cm³/mol. The molecule has 1 saturated heterocycles. The monoisotopic (exact) mass is 562 g/mol. The first-order chi connectivity index (χ1) is 19.4. The number of hydrogen-bond acceptors (Lipinski definition) is 6. The fourth-order valence-corrected chi connectivity index (χ4v) is 6.36. The molecule has 2 heterocycles. The molecule has 2 aliphatic rings. The molecular formula is C32H38N2O5S. The van der Waals surface area contributed by atoms with E-state index in [0.717, 1.165) is 47.3 Å². The van der Waals surface area contributed by atoms with E-state index in [0.29, 0.717) is 36.0 Å². The minimum absolute atomic E-state index is 0.0362. The molecule has 40 heavy (non-hydrogen) atoms. The minimum Gasteiger partial charge on any atom is -0.497 e. The van der Waals surface area contributed by atoms with Crippen LogP contribution in [-0.4, -0.2) is 54.9 Å². The molecule has 2 aromatic carbocycles. The fourth-order valence-electron chi connectivity index (χ4n) is 5.32. The van der Waals surface area contributed by atoms with Crippen molar-refractivity contribution in [3.8, 4) is 16.2 Å². The molecule has 3 aromatic rings. The third kappa shape index (κ3) is 7.50. The average molecular weight is 563 g/mol. The Kier molecular flexibility index (Phi) is 10.4. The van der Waals surface area contributed by atoms with E-state index in [9.17, 15) is 19.5 Å². The number of amides is 1. The van der Waals surface area contributed by atoms with Crippen LogP contribution < -0.4 is 9.64 Å². The molecule has 1 aromatic heterocycles. The topological polar surface area (TPSA) is 87.2 Å². The maximum absolute atomic E-state index is 12.9. The lowest BCUT2D eigenvalue weighted by atomic mass is 9.91. The molecule has 7 nitrogen and oxygen atoms in total. The van der Waals surface area contributed by atoms with Crippen molar-refractivity contribution in [3.63, 3.8) is 0 Å². The van der Waals surface area contributed by atoms with Crippen LogP contribution in [0, 0.1) is 5.92 Å². The number of thiophene rings is 1. The van der Waals surface area contributed by atoms with Crippen molar-refractivity contribution in [2.45, 2.75) is 57.5 Å². The number of carboxylic acid groups (broad SMARTS) is 1. The zero-order valence-corrected chi connectivity index (χ0v) is 24.1. The lowest BCUT2D eigenvalue weighted by Gasteiger charge is -2.37. The average Bonchev–Trinajstić information content (AvgIpc) is 3.45. The van der Waals surface area contributed by atoms with Gasteiger partial charge in [-0.2, -0.15) is 0 Å². The highest BCUT2D eigenvalue weighted by molar-refractivity contribution is 7.18. The van der Waals surface area contributed by atoms with Crippen LogP contribution in [0.5, 0.6) is 5.75 Å². The van der Waals surface area contributed by atoms with E-state index in [1.807, 2.05) is 77.5 Å². The summed E-state index contributed by atoms with van der Waals surface area (Å²) in [6.07, 6.45) is 8.42. The van der Waals surface area contributed by atoms with E-state index in [2.05, 4.69) is 0 Å². The van der Waals surface area contributed by atoms with Gasteiger partial charge in [0, 0.05) is 43.4 Å². The van der Waals surface area contributed by atoms with E-state index < -0.39 is 5.97 Å². The largest absolute Gasteiger partial charge is 0.497 e. The lowest BCUT2D eigenvalue weighted by Crippen LogP contribution is -2.46. The minimum atomic E-state index is -0.942. The van der Waals surface area contributed by atoms with Gasteiger partial charge >= 0.3 is 5.97 Å². The molecule has 212 valence electrons.